The number of hydrogen-bond donors (Lipinski definition) is 2. The van der Waals surface area contributed by atoms with Crippen LogP contribution in [-0.2, 0) is 11.3 Å². The maximum absolute atomic E-state index is 12.4. The van der Waals surface area contributed by atoms with Crippen molar-refractivity contribution in [2.75, 3.05) is 19.7 Å². The number of carbonyl (C=O) groups is 2. The molecule has 1 aromatic carbocycles. The first kappa shape index (κ1) is 18.7. The molecule has 2 aromatic rings. The molecule has 3 rings (SSSR count). The molecule has 1 aliphatic heterocycles. The SMILES string of the molecule is Cc1noc(C2CCN(C(=O)NCc3cccc(OCC(N)=O)c3)CC2)n1. The summed E-state index contributed by atoms with van der Waals surface area (Å²) in [5.74, 6) is 1.49. The van der Waals surface area contributed by atoms with Crippen molar-refractivity contribution in [3.8, 4) is 5.75 Å². The molecule has 0 saturated carbocycles. The third-order valence-electron chi connectivity index (χ3n) is 4.40. The predicted octanol–water partition coefficient (Wildman–Crippen LogP) is 1.33. The van der Waals surface area contributed by atoms with Gasteiger partial charge in [0, 0.05) is 25.6 Å². The average molecular weight is 373 g/mol. The highest BCUT2D eigenvalue weighted by molar-refractivity contribution is 5.75. The zero-order valence-corrected chi connectivity index (χ0v) is 15.2. The van der Waals surface area contributed by atoms with Crippen molar-refractivity contribution in [3.63, 3.8) is 0 Å². The van der Waals surface area contributed by atoms with E-state index in [1.807, 2.05) is 6.07 Å². The Morgan fingerprint density at radius 3 is 2.81 bits per heavy atom. The highest BCUT2D eigenvalue weighted by atomic mass is 16.5. The van der Waals surface area contributed by atoms with Crippen LogP contribution in [0.15, 0.2) is 28.8 Å². The number of ether oxygens (including phenoxy) is 1. The number of likely N-dealkylation sites (tertiary alicyclic amines) is 1. The minimum atomic E-state index is -0.534. The van der Waals surface area contributed by atoms with Gasteiger partial charge in [0.15, 0.2) is 12.4 Å². The largest absolute Gasteiger partial charge is 0.484 e. The molecular formula is C18H23N5O4. The van der Waals surface area contributed by atoms with E-state index in [9.17, 15) is 9.59 Å². The number of nitrogens with two attached hydrogens (primary N) is 1. The van der Waals surface area contributed by atoms with E-state index in [0.717, 1.165) is 18.4 Å². The van der Waals surface area contributed by atoms with Crippen LogP contribution in [0.25, 0.3) is 0 Å². The molecule has 9 heteroatoms. The second kappa shape index (κ2) is 8.52. The van der Waals surface area contributed by atoms with Crippen LogP contribution < -0.4 is 15.8 Å². The van der Waals surface area contributed by atoms with Crippen molar-refractivity contribution in [1.29, 1.82) is 0 Å². The Morgan fingerprint density at radius 1 is 1.37 bits per heavy atom. The van der Waals surface area contributed by atoms with Gasteiger partial charge in [0.1, 0.15) is 5.75 Å². The van der Waals surface area contributed by atoms with E-state index in [-0.39, 0.29) is 18.6 Å². The molecule has 1 fully saturated rings. The standard InChI is InChI=1S/C18H23N5O4/c1-12-21-17(27-22-12)14-5-7-23(8-6-14)18(25)20-10-13-3-2-4-15(9-13)26-11-16(19)24/h2-4,9,14H,5-8,10-11H2,1H3,(H2,19,24)(H,20,25). The van der Waals surface area contributed by atoms with Crippen LogP contribution in [0, 0.1) is 6.92 Å². The van der Waals surface area contributed by atoms with Crippen molar-refractivity contribution >= 4 is 11.9 Å². The number of nitrogens with zero attached hydrogens (tertiary/aromatic N) is 3. The molecule has 0 aliphatic carbocycles. The Morgan fingerprint density at radius 2 is 2.15 bits per heavy atom. The van der Waals surface area contributed by atoms with Crippen LogP contribution in [0.5, 0.6) is 5.75 Å². The lowest BCUT2D eigenvalue weighted by Crippen LogP contribution is -2.43. The number of amides is 3. The number of piperidine rings is 1. The van der Waals surface area contributed by atoms with Gasteiger partial charge in [-0.3, -0.25) is 4.79 Å². The molecule has 0 atom stereocenters. The van der Waals surface area contributed by atoms with Crippen LogP contribution in [-0.4, -0.2) is 46.7 Å². The van der Waals surface area contributed by atoms with E-state index >= 15 is 0 Å². The quantitative estimate of drug-likeness (QED) is 0.787. The lowest BCUT2D eigenvalue weighted by Gasteiger charge is -2.30. The summed E-state index contributed by atoms with van der Waals surface area (Å²) < 4.78 is 10.5. The number of nitrogens with one attached hydrogen (secondary N) is 1. The maximum atomic E-state index is 12.4. The first-order chi connectivity index (χ1) is 13.0. The van der Waals surface area contributed by atoms with E-state index in [2.05, 4.69) is 15.5 Å². The highest BCUT2D eigenvalue weighted by Gasteiger charge is 2.27. The molecule has 0 spiro atoms. The van der Waals surface area contributed by atoms with Gasteiger partial charge in [-0.1, -0.05) is 17.3 Å². The summed E-state index contributed by atoms with van der Waals surface area (Å²) in [6.07, 6.45) is 1.59. The van der Waals surface area contributed by atoms with Crippen LogP contribution >= 0.6 is 0 Å². The molecule has 1 aromatic heterocycles. The summed E-state index contributed by atoms with van der Waals surface area (Å²) >= 11 is 0. The number of urea groups is 1. The van der Waals surface area contributed by atoms with E-state index < -0.39 is 5.91 Å². The molecule has 9 nitrogen and oxygen atoms in total. The molecule has 1 aliphatic rings. The molecule has 144 valence electrons. The monoisotopic (exact) mass is 373 g/mol. The average Bonchev–Trinajstić information content (AvgIpc) is 3.11. The van der Waals surface area contributed by atoms with Gasteiger partial charge in [0.05, 0.1) is 0 Å². The van der Waals surface area contributed by atoms with Crippen LogP contribution in [0.4, 0.5) is 4.79 Å². The van der Waals surface area contributed by atoms with Crippen LogP contribution in [0.3, 0.4) is 0 Å². The maximum Gasteiger partial charge on any atom is 0.317 e. The predicted molar refractivity (Wildman–Crippen MR) is 96.0 cm³/mol. The number of hydrogen-bond acceptors (Lipinski definition) is 6. The van der Waals surface area contributed by atoms with Gasteiger partial charge in [-0.05, 0) is 37.5 Å². The van der Waals surface area contributed by atoms with Crippen molar-refractivity contribution in [1.82, 2.24) is 20.4 Å². The van der Waals surface area contributed by atoms with Gasteiger partial charge >= 0.3 is 6.03 Å². The third-order valence-corrected chi connectivity index (χ3v) is 4.40. The summed E-state index contributed by atoms with van der Waals surface area (Å²) in [6.45, 7) is 3.27. The van der Waals surface area contributed by atoms with Crippen molar-refractivity contribution in [2.24, 2.45) is 5.73 Å². The molecule has 0 bridgehead atoms. The van der Waals surface area contributed by atoms with Gasteiger partial charge in [0.25, 0.3) is 5.91 Å². The van der Waals surface area contributed by atoms with Crippen molar-refractivity contribution in [3.05, 3.63) is 41.5 Å². The fourth-order valence-corrected chi connectivity index (χ4v) is 3.00. The molecule has 27 heavy (non-hydrogen) atoms. The zero-order valence-electron chi connectivity index (χ0n) is 15.2. The molecule has 2 heterocycles. The minimum absolute atomic E-state index is 0.112. The molecule has 0 radical (unpaired) electrons. The lowest BCUT2D eigenvalue weighted by molar-refractivity contribution is -0.119. The Kier molecular flexibility index (Phi) is 5.90. The topological polar surface area (TPSA) is 124 Å². The van der Waals surface area contributed by atoms with E-state index in [0.29, 0.717) is 37.1 Å². The summed E-state index contributed by atoms with van der Waals surface area (Å²) in [5, 5.41) is 6.73. The number of primary amides is 1. The van der Waals surface area contributed by atoms with Crippen molar-refractivity contribution < 1.29 is 18.8 Å². The summed E-state index contributed by atoms with van der Waals surface area (Å²) in [7, 11) is 0. The first-order valence-corrected chi connectivity index (χ1v) is 8.84. The summed E-state index contributed by atoms with van der Waals surface area (Å²) in [4.78, 5) is 29.2. The fraction of sp³-hybridized carbons (Fsp3) is 0.444. The van der Waals surface area contributed by atoms with Gasteiger partial charge in [-0.2, -0.15) is 4.98 Å². The number of benzene rings is 1. The van der Waals surface area contributed by atoms with E-state index in [1.165, 1.54) is 0 Å². The Hall–Kier alpha value is -3.10. The molecular weight excluding hydrogens is 350 g/mol. The Bertz CT molecular complexity index is 799. The smallest absolute Gasteiger partial charge is 0.317 e. The first-order valence-electron chi connectivity index (χ1n) is 8.84. The Labute approximate surface area is 156 Å². The molecule has 3 amide bonds. The normalized spacial score (nSPS) is 14.8. The third kappa shape index (κ3) is 5.19. The van der Waals surface area contributed by atoms with E-state index in [1.54, 1.807) is 30.0 Å². The summed E-state index contributed by atoms with van der Waals surface area (Å²) in [6, 6.07) is 7.07. The minimum Gasteiger partial charge on any atom is -0.484 e. The van der Waals surface area contributed by atoms with E-state index in [4.69, 9.17) is 15.0 Å². The van der Waals surface area contributed by atoms with Gasteiger partial charge in [0.2, 0.25) is 5.89 Å². The van der Waals surface area contributed by atoms with Gasteiger partial charge in [-0.25, -0.2) is 4.79 Å². The lowest BCUT2D eigenvalue weighted by atomic mass is 9.97. The fourth-order valence-electron chi connectivity index (χ4n) is 3.00. The van der Waals surface area contributed by atoms with Crippen LogP contribution in [0.2, 0.25) is 0 Å². The Balaban J connectivity index is 1.46. The highest BCUT2D eigenvalue weighted by Crippen LogP contribution is 2.26. The molecule has 1 saturated heterocycles. The number of aromatic nitrogens is 2. The summed E-state index contributed by atoms with van der Waals surface area (Å²) in [5.41, 5.74) is 5.94. The number of carbonyl (C=O) groups excluding carboxylic acids is 2. The molecule has 0 unspecified atom stereocenters. The number of aryl methyl sites for hydroxylation is 1. The van der Waals surface area contributed by atoms with Gasteiger partial charge < -0.3 is 25.2 Å². The number of rotatable bonds is 6. The zero-order chi connectivity index (χ0) is 19.2. The van der Waals surface area contributed by atoms with Gasteiger partial charge in [-0.15, -0.1) is 0 Å². The molecule has 3 N–H and O–H groups in total. The second-order valence-electron chi connectivity index (χ2n) is 6.50. The second-order valence-corrected chi connectivity index (χ2v) is 6.50. The van der Waals surface area contributed by atoms with Crippen LogP contribution in [0.1, 0.15) is 36.0 Å². The van der Waals surface area contributed by atoms with Crippen molar-refractivity contribution in [2.45, 2.75) is 32.2 Å².